The highest BCUT2D eigenvalue weighted by molar-refractivity contribution is 9.10. The van der Waals surface area contributed by atoms with Gasteiger partial charge in [0.2, 0.25) is 0 Å². The van der Waals surface area contributed by atoms with Crippen molar-refractivity contribution in [3.05, 3.63) is 21.7 Å². The summed E-state index contributed by atoms with van der Waals surface area (Å²) in [6.07, 6.45) is 3.71. The Morgan fingerprint density at radius 2 is 1.60 bits per heavy atom. The fraction of sp³-hybridized carbons (Fsp3) is 0.500. The second kappa shape index (κ2) is 5.40. The van der Waals surface area contributed by atoms with Gasteiger partial charge in [-0.1, -0.05) is 42.6 Å². The van der Waals surface area contributed by atoms with Gasteiger partial charge < -0.3 is 10.2 Å². The molecule has 0 atom stereocenters. The van der Waals surface area contributed by atoms with Gasteiger partial charge in [-0.3, -0.25) is 0 Å². The zero-order valence-electron chi connectivity index (χ0n) is 9.18. The molecule has 84 valence electrons. The summed E-state index contributed by atoms with van der Waals surface area (Å²) >= 11 is 3.43. The zero-order chi connectivity index (χ0) is 11.4. The Morgan fingerprint density at radius 3 is 2.13 bits per heavy atom. The molecule has 15 heavy (non-hydrogen) atoms. The lowest BCUT2D eigenvalue weighted by atomic mass is 9.98. The van der Waals surface area contributed by atoms with Crippen LogP contribution >= 0.6 is 15.9 Å². The van der Waals surface area contributed by atoms with Crippen LogP contribution in [0.3, 0.4) is 0 Å². The average molecular weight is 273 g/mol. The molecule has 0 aliphatic carbocycles. The van der Waals surface area contributed by atoms with E-state index in [2.05, 4.69) is 29.8 Å². The van der Waals surface area contributed by atoms with Gasteiger partial charge in [-0.15, -0.1) is 0 Å². The maximum Gasteiger partial charge on any atom is 0.161 e. The molecule has 0 radical (unpaired) electrons. The highest BCUT2D eigenvalue weighted by atomic mass is 79.9. The smallest absolute Gasteiger partial charge is 0.161 e. The number of aromatic hydroxyl groups is 2. The van der Waals surface area contributed by atoms with Gasteiger partial charge in [0.05, 0.1) is 0 Å². The molecule has 1 rings (SSSR count). The van der Waals surface area contributed by atoms with E-state index in [4.69, 9.17) is 0 Å². The van der Waals surface area contributed by atoms with Gasteiger partial charge >= 0.3 is 0 Å². The SMILES string of the molecule is CCCc1c(Br)cc(O)c(O)c1CCC. The van der Waals surface area contributed by atoms with Crippen LogP contribution in [0.4, 0.5) is 0 Å². The monoisotopic (exact) mass is 272 g/mol. The van der Waals surface area contributed by atoms with Crippen molar-refractivity contribution in [3.63, 3.8) is 0 Å². The molecule has 0 spiro atoms. The highest BCUT2D eigenvalue weighted by Gasteiger charge is 2.14. The minimum atomic E-state index is -0.0369. The van der Waals surface area contributed by atoms with E-state index in [-0.39, 0.29) is 11.5 Å². The largest absolute Gasteiger partial charge is 0.504 e. The summed E-state index contributed by atoms with van der Waals surface area (Å²) in [5.74, 6) is 0.00804. The van der Waals surface area contributed by atoms with Gasteiger partial charge in [-0.05, 0) is 24.5 Å². The summed E-state index contributed by atoms with van der Waals surface area (Å²) in [4.78, 5) is 0. The second-order valence-corrected chi connectivity index (χ2v) is 4.54. The lowest BCUT2D eigenvalue weighted by molar-refractivity contribution is 0.398. The third-order valence-electron chi connectivity index (χ3n) is 2.44. The zero-order valence-corrected chi connectivity index (χ0v) is 10.8. The van der Waals surface area contributed by atoms with Crippen LogP contribution in [0.15, 0.2) is 10.5 Å². The number of rotatable bonds is 4. The first-order chi connectivity index (χ1) is 7.11. The van der Waals surface area contributed by atoms with E-state index >= 15 is 0 Å². The molecule has 0 aliphatic rings. The van der Waals surface area contributed by atoms with Crippen molar-refractivity contribution in [2.24, 2.45) is 0 Å². The maximum atomic E-state index is 9.79. The van der Waals surface area contributed by atoms with Crippen molar-refractivity contribution in [1.82, 2.24) is 0 Å². The van der Waals surface area contributed by atoms with Crippen molar-refractivity contribution in [2.45, 2.75) is 39.5 Å². The molecule has 0 saturated heterocycles. The first-order valence-electron chi connectivity index (χ1n) is 5.33. The molecule has 1 aromatic rings. The van der Waals surface area contributed by atoms with Gasteiger partial charge in [0.1, 0.15) is 0 Å². The Labute approximate surface area is 99.1 Å². The van der Waals surface area contributed by atoms with Gasteiger partial charge in [0.25, 0.3) is 0 Å². The standard InChI is InChI=1S/C12H17BrO2/c1-3-5-8-9(6-4-2)12(15)11(14)7-10(8)13/h7,14-15H,3-6H2,1-2H3. The summed E-state index contributed by atoms with van der Waals surface area (Å²) in [7, 11) is 0. The number of phenolic OH excluding ortho intramolecular Hbond substituents is 2. The van der Waals surface area contributed by atoms with Gasteiger partial charge in [0, 0.05) is 10.0 Å². The van der Waals surface area contributed by atoms with Crippen LogP contribution in [0.25, 0.3) is 0 Å². The molecule has 3 heteroatoms. The minimum Gasteiger partial charge on any atom is -0.504 e. The molecule has 0 aliphatic heterocycles. The fourth-order valence-electron chi connectivity index (χ4n) is 1.76. The third kappa shape index (κ3) is 2.65. The van der Waals surface area contributed by atoms with Crippen LogP contribution in [0, 0.1) is 0 Å². The number of benzene rings is 1. The van der Waals surface area contributed by atoms with E-state index < -0.39 is 0 Å². The molecule has 0 aromatic heterocycles. The van der Waals surface area contributed by atoms with E-state index in [9.17, 15) is 10.2 Å². The summed E-state index contributed by atoms with van der Waals surface area (Å²) in [6.45, 7) is 4.17. The molecular weight excluding hydrogens is 256 g/mol. The molecule has 0 unspecified atom stereocenters. The Kier molecular flexibility index (Phi) is 4.45. The number of hydrogen-bond acceptors (Lipinski definition) is 2. The fourth-order valence-corrected chi connectivity index (χ4v) is 2.41. The Morgan fingerprint density at radius 1 is 1.07 bits per heavy atom. The molecule has 2 N–H and O–H groups in total. The van der Waals surface area contributed by atoms with Crippen LogP contribution in [0.5, 0.6) is 11.5 Å². The van der Waals surface area contributed by atoms with E-state index in [1.165, 1.54) is 0 Å². The highest BCUT2D eigenvalue weighted by Crippen LogP contribution is 2.37. The topological polar surface area (TPSA) is 40.5 Å². The minimum absolute atomic E-state index is 0.0369. The van der Waals surface area contributed by atoms with Gasteiger partial charge in [0.15, 0.2) is 11.5 Å². The van der Waals surface area contributed by atoms with E-state index in [1.807, 2.05) is 0 Å². The Balaban J connectivity index is 3.26. The van der Waals surface area contributed by atoms with Crippen LogP contribution in [-0.4, -0.2) is 10.2 Å². The molecule has 0 fully saturated rings. The molecule has 1 aromatic carbocycles. The quantitative estimate of drug-likeness (QED) is 0.820. The van der Waals surface area contributed by atoms with Crippen LogP contribution in [-0.2, 0) is 12.8 Å². The molecule has 0 amide bonds. The summed E-state index contributed by atoms with van der Waals surface area (Å²) in [5, 5.41) is 19.3. The van der Waals surface area contributed by atoms with Crippen molar-refractivity contribution in [1.29, 1.82) is 0 Å². The Bertz CT molecular complexity index is 348. The molecule has 0 saturated carbocycles. The van der Waals surface area contributed by atoms with Crippen molar-refractivity contribution < 1.29 is 10.2 Å². The van der Waals surface area contributed by atoms with Crippen LogP contribution < -0.4 is 0 Å². The molecular formula is C12H17BrO2. The normalized spacial score (nSPS) is 10.6. The van der Waals surface area contributed by atoms with E-state index in [0.717, 1.165) is 41.3 Å². The van der Waals surface area contributed by atoms with Crippen molar-refractivity contribution >= 4 is 15.9 Å². The lowest BCUT2D eigenvalue weighted by Crippen LogP contribution is -1.96. The van der Waals surface area contributed by atoms with E-state index in [1.54, 1.807) is 6.07 Å². The molecule has 0 heterocycles. The predicted octanol–water partition coefficient (Wildman–Crippen LogP) is 3.77. The number of phenols is 2. The Hall–Kier alpha value is -0.700. The van der Waals surface area contributed by atoms with Crippen LogP contribution in [0.1, 0.15) is 37.8 Å². The molecule has 0 bridgehead atoms. The predicted molar refractivity (Wildman–Crippen MR) is 65.5 cm³/mol. The summed E-state index contributed by atoms with van der Waals surface area (Å²) < 4.78 is 0.892. The number of hydrogen-bond donors (Lipinski definition) is 2. The third-order valence-corrected chi connectivity index (χ3v) is 3.15. The van der Waals surface area contributed by atoms with Crippen LogP contribution in [0.2, 0.25) is 0 Å². The van der Waals surface area contributed by atoms with E-state index in [0.29, 0.717) is 0 Å². The average Bonchev–Trinajstić information content (AvgIpc) is 2.20. The number of halogens is 1. The summed E-state index contributed by atoms with van der Waals surface area (Å²) in [5.41, 5.74) is 2.00. The lowest BCUT2D eigenvalue weighted by Gasteiger charge is -2.13. The van der Waals surface area contributed by atoms with Crippen molar-refractivity contribution in [2.75, 3.05) is 0 Å². The van der Waals surface area contributed by atoms with Crippen molar-refractivity contribution in [3.8, 4) is 11.5 Å². The van der Waals surface area contributed by atoms with Gasteiger partial charge in [-0.2, -0.15) is 0 Å². The summed E-state index contributed by atoms with van der Waals surface area (Å²) in [6, 6.07) is 1.57. The molecule has 2 nitrogen and oxygen atoms in total. The van der Waals surface area contributed by atoms with Gasteiger partial charge in [-0.25, -0.2) is 0 Å². The second-order valence-electron chi connectivity index (χ2n) is 3.68. The first-order valence-corrected chi connectivity index (χ1v) is 6.13. The first kappa shape index (κ1) is 12.4. The maximum absolute atomic E-state index is 9.79.